The van der Waals surface area contributed by atoms with Crippen molar-refractivity contribution in [2.24, 2.45) is 0 Å². The number of nitrogens with zero attached hydrogens (tertiary/aromatic N) is 4. The highest BCUT2D eigenvalue weighted by atomic mass is 19.4. The molecule has 10 heteroatoms. The van der Waals surface area contributed by atoms with Crippen molar-refractivity contribution in [2.45, 2.75) is 12.4 Å². The van der Waals surface area contributed by atoms with Gasteiger partial charge in [-0.2, -0.15) is 31.6 Å². The Balaban J connectivity index is 1.69. The van der Waals surface area contributed by atoms with Crippen LogP contribution in [0.15, 0.2) is 78.5 Å². The molecule has 1 aliphatic rings. The van der Waals surface area contributed by atoms with Gasteiger partial charge in [-0.25, -0.2) is 15.0 Å². The Bertz CT molecular complexity index is 1860. The molecule has 0 atom stereocenters. The molecule has 0 heterocycles. The van der Waals surface area contributed by atoms with Gasteiger partial charge in [0.1, 0.15) is 0 Å². The molecule has 0 saturated carbocycles. The van der Waals surface area contributed by atoms with E-state index in [0.29, 0.717) is 33.4 Å². The molecule has 4 nitrogen and oxygen atoms in total. The minimum absolute atomic E-state index is 0.154. The highest BCUT2D eigenvalue weighted by Crippen LogP contribution is 2.49. The topological polar surface area (TPSA) is 56.3 Å². The lowest BCUT2D eigenvalue weighted by Crippen LogP contribution is -2.08. The molecule has 4 aromatic carbocycles. The number of hydrogen-bond acceptors (Lipinski definition) is 2. The van der Waals surface area contributed by atoms with Crippen LogP contribution in [-0.4, -0.2) is 0 Å². The summed E-state index contributed by atoms with van der Waals surface area (Å²) in [5.41, 5.74) is -0.470. The molecule has 5 rings (SSSR count). The number of fused-ring (bicyclic) bond motifs is 3. The minimum atomic E-state index is -4.77. The second-order valence-corrected chi connectivity index (χ2v) is 9.18. The van der Waals surface area contributed by atoms with E-state index >= 15 is 0 Å². The van der Waals surface area contributed by atoms with Crippen LogP contribution in [0.4, 0.5) is 32.0 Å². The van der Waals surface area contributed by atoms with Crippen molar-refractivity contribution in [1.29, 1.82) is 10.5 Å². The molecule has 0 fully saturated rings. The van der Waals surface area contributed by atoms with Crippen LogP contribution in [0.5, 0.6) is 0 Å². The zero-order valence-electron chi connectivity index (χ0n) is 21.0. The molecule has 202 valence electrons. The number of allylic oxidation sites excluding steroid dienone is 1. The monoisotopic (exact) mass is 566 g/mol. The Morgan fingerprint density at radius 2 is 1.10 bits per heavy atom. The van der Waals surface area contributed by atoms with Gasteiger partial charge in [0.05, 0.1) is 42.0 Å². The lowest BCUT2D eigenvalue weighted by molar-refractivity contribution is -0.138. The van der Waals surface area contributed by atoms with Gasteiger partial charge in [0.2, 0.25) is 0 Å². The number of benzene rings is 4. The van der Waals surface area contributed by atoms with E-state index in [0.717, 1.165) is 24.3 Å². The van der Waals surface area contributed by atoms with E-state index in [-0.39, 0.29) is 22.4 Å². The Kier molecular flexibility index (Phi) is 6.58. The second kappa shape index (κ2) is 9.97. The average Bonchev–Trinajstić information content (AvgIpc) is 3.29. The van der Waals surface area contributed by atoms with Crippen molar-refractivity contribution in [1.82, 2.24) is 0 Å². The van der Waals surface area contributed by atoms with Gasteiger partial charge in [0.25, 0.3) is 5.70 Å². The lowest BCUT2D eigenvalue weighted by Gasteiger charge is -2.12. The molecule has 0 aromatic heterocycles. The highest BCUT2D eigenvalue weighted by Gasteiger charge is 2.35. The zero-order valence-corrected chi connectivity index (χ0v) is 21.0. The van der Waals surface area contributed by atoms with Crippen LogP contribution in [0, 0.1) is 35.8 Å². The molecule has 0 amide bonds. The molecule has 0 bridgehead atoms. The van der Waals surface area contributed by atoms with Crippen molar-refractivity contribution in [3.63, 3.8) is 0 Å². The third kappa shape index (κ3) is 4.62. The fourth-order valence-corrected chi connectivity index (χ4v) is 4.96. The molecule has 0 N–H and O–H groups in total. The molecule has 1 aliphatic carbocycles. The molecule has 0 unspecified atom stereocenters. The predicted molar refractivity (Wildman–Crippen MR) is 142 cm³/mol. The standard InChI is InChI=1S/C32H12F6N4/c1-41-28-10-7-20(14-27(28)32(36,37)38)18-6-9-23-22-8-5-17(11-24(22)30(25(23)12-18)29(16-40)42-2)19-3-4-21(15-39)26(13-19)31(33,34)35/h3-14H/b30-29+. The number of halogens is 6. The summed E-state index contributed by atoms with van der Waals surface area (Å²) >= 11 is 0. The summed E-state index contributed by atoms with van der Waals surface area (Å²) in [6.45, 7) is 14.6. The van der Waals surface area contributed by atoms with E-state index in [2.05, 4.69) is 9.69 Å². The first-order chi connectivity index (χ1) is 19.9. The van der Waals surface area contributed by atoms with Crippen molar-refractivity contribution in [3.05, 3.63) is 129 Å². The maximum absolute atomic E-state index is 13.6. The van der Waals surface area contributed by atoms with Crippen LogP contribution in [-0.2, 0) is 12.4 Å². The zero-order chi connectivity index (χ0) is 30.4. The molecule has 0 aliphatic heterocycles. The number of rotatable bonds is 2. The van der Waals surface area contributed by atoms with Crippen molar-refractivity contribution >= 4 is 11.3 Å². The Morgan fingerprint density at radius 1 is 0.619 bits per heavy atom. The molecule has 0 saturated heterocycles. The van der Waals surface area contributed by atoms with E-state index < -0.39 is 34.7 Å². The van der Waals surface area contributed by atoms with Crippen LogP contribution < -0.4 is 0 Å². The predicted octanol–water partition coefficient (Wildman–Crippen LogP) is 9.66. The smallest absolute Gasteiger partial charge is 0.238 e. The second-order valence-electron chi connectivity index (χ2n) is 9.18. The first kappa shape index (κ1) is 27.7. The van der Waals surface area contributed by atoms with E-state index in [1.807, 2.05) is 6.07 Å². The van der Waals surface area contributed by atoms with Crippen molar-refractivity contribution in [2.75, 3.05) is 0 Å². The van der Waals surface area contributed by atoms with Crippen LogP contribution in [0.3, 0.4) is 0 Å². The normalized spacial score (nSPS) is 13.2. The quantitative estimate of drug-likeness (QED) is 0.121. The van der Waals surface area contributed by atoms with Gasteiger partial charge in [-0.15, -0.1) is 0 Å². The van der Waals surface area contributed by atoms with Gasteiger partial charge in [-0.05, 0) is 68.8 Å². The van der Waals surface area contributed by atoms with Crippen LogP contribution >= 0.6 is 0 Å². The SMILES string of the molecule is [C-]#[N+]/C(C#N)=C1\c2cc(-c3ccc(C#N)c(C(F)(F)F)c3)ccc2-c2ccc(-c3ccc([N+]#[C-])c(C(F)(F)F)c3)cc21. The summed E-state index contributed by atoms with van der Waals surface area (Å²) in [7, 11) is 0. The molecule has 0 radical (unpaired) electrons. The summed E-state index contributed by atoms with van der Waals surface area (Å²) in [6, 6.07) is 19.5. The summed E-state index contributed by atoms with van der Waals surface area (Å²) in [4.78, 5) is 6.28. The Labute approximate surface area is 235 Å². The fourth-order valence-electron chi connectivity index (χ4n) is 4.96. The summed E-state index contributed by atoms with van der Waals surface area (Å²) in [6.07, 6.45) is -9.54. The van der Waals surface area contributed by atoms with Crippen LogP contribution in [0.1, 0.15) is 27.8 Å². The first-order valence-corrected chi connectivity index (χ1v) is 11.9. The van der Waals surface area contributed by atoms with Gasteiger partial charge < -0.3 is 0 Å². The van der Waals surface area contributed by atoms with Gasteiger partial charge in [0.15, 0.2) is 5.69 Å². The maximum Gasteiger partial charge on any atom is 0.417 e. The molecule has 0 spiro atoms. The van der Waals surface area contributed by atoms with E-state index in [1.54, 1.807) is 36.4 Å². The average molecular weight is 566 g/mol. The molecule has 42 heavy (non-hydrogen) atoms. The number of hydrogen-bond donors (Lipinski definition) is 0. The van der Waals surface area contributed by atoms with Gasteiger partial charge in [-0.3, -0.25) is 0 Å². The van der Waals surface area contributed by atoms with E-state index in [4.69, 9.17) is 18.4 Å². The molecule has 4 aromatic rings. The third-order valence-corrected chi connectivity index (χ3v) is 6.86. The maximum atomic E-state index is 13.6. The molecular weight excluding hydrogens is 554 g/mol. The van der Waals surface area contributed by atoms with Gasteiger partial charge >= 0.3 is 12.4 Å². The first-order valence-electron chi connectivity index (χ1n) is 11.9. The summed E-state index contributed by atoms with van der Waals surface area (Å²) < 4.78 is 81.6. The number of alkyl halides is 6. The fraction of sp³-hybridized carbons (Fsp3) is 0.0625. The lowest BCUT2D eigenvalue weighted by atomic mass is 9.94. The highest BCUT2D eigenvalue weighted by molar-refractivity contribution is 6.05. The Morgan fingerprint density at radius 3 is 1.55 bits per heavy atom. The third-order valence-electron chi connectivity index (χ3n) is 6.86. The van der Waals surface area contributed by atoms with Crippen LogP contribution in [0.2, 0.25) is 0 Å². The Hall–Kier alpha value is -5.84. The number of nitriles is 2. The van der Waals surface area contributed by atoms with E-state index in [9.17, 15) is 31.6 Å². The van der Waals surface area contributed by atoms with Crippen molar-refractivity contribution in [3.8, 4) is 45.5 Å². The van der Waals surface area contributed by atoms with E-state index in [1.165, 1.54) is 18.2 Å². The largest absolute Gasteiger partial charge is 0.417 e. The summed E-state index contributed by atoms with van der Waals surface area (Å²) in [5, 5.41) is 18.9. The van der Waals surface area contributed by atoms with Crippen LogP contribution in [0.25, 0.3) is 48.6 Å². The minimum Gasteiger partial charge on any atom is -0.238 e. The van der Waals surface area contributed by atoms with Gasteiger partial charge in [-0.1, -0.05) is 48.5 Å². The van der Waals surface area contributed by atoms with Crippen molar-refractivity contribution < 1.29 is 26.3 Å². The summed E-state index contributed by atoms with van der Waals surface area (Å²) in [5.74, 6) is 0. The van der Waals surface area contributed by atoms with Gasteiger partial charge in [0, 0.05) is 5.57 Å². The molecular formula is C32H12F6N4.